The summed E-state index contributed by atoms with van der Waals surface area (Å²) >= 11 is 0. The van der Waals surface area contributed by atoms with Gasteiger partial charge in [-0.25, -0.2) is 0 Å². The van der Waals surface area contributed by atoms with Crippen molar-refractivity contribution >= 4 is 22.9 Å². The van der Waals surface area contributed by atoms with Gasteiger partial charge in [-0.15, -0.1) is 0 Å². The van der Waals surface area contributed by atoms with Crippen molar-refractivity contribution in [3.8, 4) is 16.9 Å². The Balaban J connectivity index is 0.00000760. The van der Waals surface area contributed by atoms with Crippen molar-refractivity contribution in [3.63, 3.8) is 0 Å². The molecule has 0 N–H and O–H groups in total. The van der Waals surface area contributed by atoms with Crippen LogP contribution in [0.2, 0.25) is 0 Å². The molecule has 39 heavy (non-hydrogen) atoms. The molecule has 0 spiro atoms. The molecule has 0 radical (unpaired) electrons. The number of ether oxygens (including phenoxy) is 1. The van der Waals surface area contributed by atoms with Gasteiger partial charge in [-0.2, -0.15) is 0 Å². The number of rotatable bonds is 8. The van der Waals surface area contributed by atoms with E-state index in [1.165, 1.54) is 28.5 Å². The van der Waals surface area contributed by atoms with E-state index in [1.54, 1.807) is 7.11 Å². The third kappa shape index (κ3) is 7.18. The maximum absolute atomic E-state index is 13.1. The fourth-order valence-electron chi connectivity index (χ4n) is 6.17. The summed E-state index contributed by atoms with van der Waals surface area (Å²) in [7, 11) is -5.52. The largest absolute Gasteiger partial charge is 0 e. The number of aryl methyl sites for hydroxylation is 1. The van der Waals surface area contributed by atoms with E-state index < -0.39 is 27.9 Å². The van der Waals surface area contributed by atoms with E-state index in [2.05, 4.69) is 108 Å². The summed E-state index contributed by atoms with van der Waals surface area (Å²) in [5.41, 5.74) is 7.26. The van der Waals surface area contributed by atoms with Crippen molar-refractivity contribution in [2.45, 2.75) is 118 Å². The zero-order chi connectivity index (χ0) is 29.6. The zero-order valence-electron chi connectivity index (χ0n) is 26.9. The van der Waals surface area contributed by atoms with Crippen molar-refractivity contribution < 1.29 is 37.5 Å². The molecule has 2 aromatic rings. The van der Waals surface area contributed by atoms with Gasteiger partial charge < -0.3 is 0 Å². The second-order valence-corrected chi connectivity index (χ2v) is 20.8. The van der Waals surface area contributed by atoms with E-state index in [-0.39, 0.29) is 32.3 Å². The summed E-state index contributed by atoms with van der Waals surface area (Å²) < 4.78 is 38.8. The fourth-order valence-corrected chi connectivity index (χ4v) is 15.3. The molecule has 2 rings (SSSR count). The van der Waals surface area contributed by atoms with Gasteiger partial charge in [0.05, 0.1) is 0 Å². The van der Waals surface area contributed by atoms with Crippen LogP contribution in [0.4, 0.5) is 0 Å². The summed E-state index contributed by atoms with van der Waals surface area (Å²) in [4.78, 5) is 0. The van der Waals surface area contributed by atoms with Crippen LogP contribution >= 0.6 is 7.49 Å². The van der Waals surface area contributed by atoms with Gasteiger partial charge in [0, 0.05) is 20.4 Å². The van der Waals surface area contributed by atoms with E-state index in [4.69, 9.17) is 8.71 Å². The number of benzene rings is 2. The van der Waals surface area contributed by atoms with Crippen LogP contribution in [0.25, 0.3) is 11.1 Å². The molecule has 0 heterocycles. The molecule has 0 aliphatic rings. The summed E-state index contributed by atoms with van der Waals surface area (Å²) in [6.07, 6.45) is 1.19. The number of methoxy groups -OCH3 is 1. The fraction of sp³-hybridized carbons (Fsp3) is 0.625. The third-order valence-electron chi connectivity index (χ3n) is 7.72. The zero-order valence-corrected chi connectivity index (χ0v) is 30.3. The quantitative estimate of drug-likeness (QED) is 0.208. The van der Waals surface area contributed by atoms with E-state index in [9.17, 15) is 8.42 Å². The molecule has 0 saturated carbocycles. The van der Waals surface area contributed by atoms with Crippen molar-refractivity contribution in [1.82, 2.24) is 0 Å². The van der Waals surface area contributed by atoms with Crippen LogP contribution in [-0.2, 0) is 34.5 Å². The minimum atomic E-state index is -3.80. The number of hydrogen-bond acceptors (Lipinski definition) is 4. The molecule has 0 amide bonds. The molecule has 0 unspecified atom stereocenters. The predicted molar refractivity (Wildman–Crippen MR) is 169 cm³/mol. The Morgan fingerprint density at radius 3 is 1.51 bits per heavy atom. The van der Waals surface area contributed by atoms with Crippen molar-refractivity contribution in [2.24, 2.45) is 0 Å². The van der Waals surface area contributed by atoms with E-state index in [1.807, 2.05) is 6.07 Å². The van der Waals surface area contributed by atoms with Crippen LogP contribution in [0.5, 0.6) is 5.75 Å². The summed E-state index contributed by atoms with van der Waals surface area (Å²) in [5.74, 6) is 1.64. The first-order chi connectivity index (χ1) is 17.1. The minimum absolute atomic E-state index is 0. The topological polar surface area (TPSA) is 52.6 Å². The third-order valence-corrected chi connectivity index (χ3v) is 15.4. The molecule has 0 atom stereocenters. The molecule has 0 aliphatic heterocycles. The molecular weight excluding hydrogens is 618 g/mol. The van der Waals surface area contributed by atoms with Gasteiger partial charge in [0.15, 0.2) is 0 Å². The molecule has 0 saturated heterocycles. The first-order valence-corrected chi connectivity index (χ1v) is 17.6. The SMILES string of the molecule is COc1ccc(C)c(-c2c(C(C)C)cc(C(C)C)cc2C(C)C)c1[PH](OS(C)(=O)=O)(C(C)(C)C)C(C)(C)C.[Pd]. The van der Waals surface area contributed by atoms with Crippen LogP contribution in [-0.4, -0.2) is 32.1 Å². The summed E-state index contributed by atoms with van der Waals surface area (Å²) in [6.45, 7) is 28.3. The first-order valence-electron chi connectivity index (χ1n) is 13.9. The van der Waals surface area contributed by atoms with Crippen LogP contribution in [0, 0.1) is 6.92 Å². The standard InChI is InChI=1S/C32H53O4PS.Pd/c1-20(2)24-18-25(21(3)4)29(26(19-24)22(5)6)28-23(7)16-17-27(35-14)30(28)37(31(8,9)10,32(11,12)13)36-38(15,33)34;/h16-22,37H,1-15H3;. The van der Waals surface area contributed by atoms with Crippen LogP contribution in [0.3, 0.4) is 0 Å². The van der Waals surface area contributed by atoms with Gasteiger partial charge >= 0.3 is 235 Å². The van der Waals surface area contributed by atoms with Crippen molar-refractivity contribution in [3.05, 3.63) is 46.5 Å². The Hall–Kier alpha value is -0.758. The molecule has 0 aliphatic carbocycles. The average molecular weight is 671 g/mol. The average Bonchev–Trinajstić information content (AvgIpc) is 2.74. The molecule has 7 heteroatoms. The van der Waals surface area contributed by atoms with E-state index >= 15 is 0 Å². The molecule has 226 valence electrons. The molecule has 4 nitrogen and oxygen atoms in total. The minimum Gasteiger partial charge on any atom is 0 e. The molecule has 0 bridgehead atoms. The van der Waals surface area contributed by atoms with Gasteiger partial charge in [-0.05, 0) is 0 Å². The summed E-state index contributed by atoms with van der Waals surface area (Å²) in [5, 5.41) is -0.0118. The van der Waals surface area contributed by atoms with Crippen molar-refractivity contribution in [1.29, 1.82) is 0 Å². The van der Waals surface area contributed by atoms with Crippen molar-refractivity contribution in [2.75, 3.05) is 13.4 Å². The van der Waals surface area contributed by atoms with Gasteiger partial charge in [0.1, 0.15) is 0 Å². The van der Waals surface area contributed by atoms with Gasteiger partial charge in [-0.3, -0.25) is 0 Å². The monoisotopic (exact) mass is 670 g/mol. The number of hydrogen-bond donors (Lipinski definition) is 0. The second kappa shape index (κ2) is 12.6. The van der Waals surface area contributed by atoms with E-state index in [0.717, 1.165) is 16.4 Å². The van der Waals surface area contributed by atoms with Gasteiger partial charge in [0.25, 0.3) is 0 Å². The molecule has 2 aromatic carbocycles. The van der Waals surface area contributed by atoms with Crippen LogP contribution < -0.4 is 10.0 Å². The Morgan fingerprint density at radius 2 is 1.21 bits per heavy atom. The predicted octanol–water partition coefficient (Wildman–Crippen LogP) is 8.90. The maximum Gasteiger partial charge on any atom is 0 e. The maximum atomic E-state index is 13.1. The smallest absolute Gasteiger partial charge is 0 e. The molecular formula is C32H53O4PPdS. The van der Waals surface area contributed by atoms with Gasteiger partial charge in [-0.1, -0.05) is 0 Å². The first kappa shape index (κ1) is 36.3. The Labute approximate surface area is 254 Å². The van der Waals surface area contributed by atoms with Crippen LogP contribution in [0.15, 0.2) is 24.3 Å². The second-order valence-electron chi connectivity index (χ2n) is 13.8. The summed E-state index contributed by atoms with van der Waals surface area (Å²) in [6, 6.07) is 8.81. The van der Waals surface area contributed by atoms with E-state index in [0.29, 0.717) is 11.7 Å². The Morgan fingerprint density at radius 1 is 0.769 bits per heavy atom. The van der Waals surface area contributed by atoms with Gasteiger partial charge in [0.2, 0.25) is 0 Å². The van der Waals surface area contributed by atoms with Crippen LogP contribution in [0.1, 0.15) is 123 Å². The molecule has 0 aromatic heterocycles. The normalized spacial score (nSPS) is 13.7. The Kier molecular flexibility index (Phi) is 11.7. The Bertz CT molecular complexity index is 1220. The molecule has 0 fully saturated rings.